The van der Waals surface area contributed by atoms with Crippen LogP contribution in [0.1, 0.15) is 51.5 Å². The number of aryl methyl sites for hydroxylation is 2. The molecule has 2 aromatic carbocycles. The number of nitrogens with one attached hydrogen (secondary N) is 1. The molecule has 0 spiro atoms. The van der Waals surface area contributed by atoms with Crippen LogP contribution < -0.4 is 5.32 Å². The summed E-state index contributed by atoms with van der Waals surface area (Å²) in [4.78, 5) is 48.9. The number of hydrogen-bond acceptors (Lipinski definition) is 6. The van der Waals surface area contributed by atoms with Crippen molar-refractivity contribution in [1.29, 1.82) is 0 Å². The molecule has 0 saturated carbocycles. The van der Waals surface area contributed by atoms with Gasteiger partial charge in [-0.1, -0.05) is 43.1 Å². The largest absolute Gasteiger partial charge is 0.456 e. The first-order chi connectivity index (χ1) is 17.4. The third kappa shape index (κ3) is 6.24. The molecule has 0 fully saturated rings. The van der Waals surface area contributed by atoms with Crippen LogP contribution in [-0.2, 0) is 9.53 Å². The van der Waals surface area contributed by atoms with E-state index < -0.39 is 35.4 Å². The molecule has 1 amide bonds. The summed E-state index contributed by atoms with van der Waals surface area (Å²) in [6, 6.07) is 12.0. The molecule has 9 nitrogen and oxygen atoms in total. The molecule has 0 radical (unpaired) electrons. The van der Waals surface area contributed by atoms with Crippen molar-refractivity contribution < 1.29 is 24.0 Å². The number of esters is 1. The van der Waals surface area contributed by atoms with Gasteiger partial charge >= 0.3 is 5.97 Å². The summed E-state index contributed by atoms with van der Waals surface area (Å²) in [5, 5.41) is 13.6. The molecule has 194 valence electrons. The second-order valence-electron chi connectivity index (χ2n) is 9.10. The topological polar surface area (TPSA) is 121 Å². The molecule has 3 aromatic rings. The van der Waals surface area contributed by atoms with Crippen LogP contribution in [0, 0.1) is 36.8 Å². The number of hydrogen-bond donors (Lipinski definition) is 1. The summed E-state index contributed by atoms with van der Waals surface area (Å²) in [6.45, 7) is 8.58. The summed E-state index contributed by atoms with van der Waals surface area (Å²) in [6.07, 6.45) is 0. The Morgan fingerprint density at radius 3 is 2.27 bits per heavy atom. The number of non-ortho nitro benzene ring substituents is 1. The van der Waals surface area contributed by atoms with Gasteiger partial charge in [-0.25, -0.2) is 4.79 Å². The Balaban J connectivity index is 1.72. The quantitative estimate of drug-likeness (QED) is 0.178. The van der Waals surface area contributed by atoms with E-state index in [0.717, 1.165) is 28.7 Å². The second kappa shape index (κ2) is 11.4. The minimum Gasteiger partial charge on any atom is -0.456 e. The van der Waals surface area contributed by atoms with Crippen molar-refractivity contribution in [3.8, 4) is 5.69 Å². The number of nitrogens with zero attached hydrogens (tertiary/aromatic N) is 2. The molecule has 1 heterocycles. The maximum absolute atomic E-state index is 12.9. The first-order valence-electron chi connectivity index (χ1n) is 11.6. The Kier molecular flexibility index (Phi) is 8.49. The lowest BCUT2D eigenvalue weighted by Gasteiger charge is -2.21. The molecule has 0 aliphatic rings. The highest BCUT2D eigenvalue weighted by Gasteiger charge is 2.29. The van der Waals surface area contributed by atoms with E-state index in [1.165, 1.54) is 12.1 Å². The highest BCUT2D eigenvalue weighted by Crippen LogP contribution is 2.23. The third-order valence-electron chi connectivity index (χ3n) is 5.98. The number of carbonyl (C=O) groups excluding carboxylic acids is 3. The molecule has 37 heavy (non-hydrogen) atoms. The highest BCUT2D eigenvalue weighted by atomic mass is 35.5. The number of carbonyl (C=O) groups is 3. The van der Waals surface area contributed by atoms with Crippen LogP contribution in [0.15, 0.2) is 48.5 Å². The maximum Gasteiger partial charge on any atom is 0.329 e. The first kappa shape index (κ1) is 27.6. The Bertz CT molecular complexity index is 1360. The molecule has 0 bridgehead atoms. The lowest BCUT2D eigenvalue weighted by atomic mass is 10.0. The van der Waals surface area contributed by atoms with Gasteiger partial charge in [-0.2, -0.15) is 0 Å². The Morgan fingerprint density at radius 1 is 1.03 bits per heavy atom. The van der Waals surface area contributed by atoms with E-state index in [0.29, 0.717) is 5.56 Å². The maximum atomic E-state index is 12.9. The zero-order valence-electron chi connectivity index (χ0n) is 21.2. The lowest BCUT2D eigenvalue weighted by Crippen LogP contribution is -2.45. The van der Waals surface area contributed by atoms with E-state index in [9.17, 15) is 24.5 Å². The van der Waals surface area contributed by atoms with Crippen LogP contribution in [0.25, 0.3) is 5.69 Å². The molecule has 1 atom stereocenters. The Hall–Kier alpha value is -3.98. The van der Waals surface area contributed by atoms with E-state index in [4.69, 9.17) is 16.3 Å². The molecule has 0 saturated heterocycles. The fraction of sp³-hybridized carbons (Fsp3) is 0.296. The minimum absolute atomic E-state index is 0.00177. The third-order valence-corrected chi connectivity index (χ3v) is 6.31. The number of ketones is 1. The van der Waals surface area contributed by atoms with Crippen LogP contribution in [0.5, 0.6) is 0 Å². The summed E-state index contributed by atoms with van der Waals surface area (Å²) in [5.74, 6) is -2.34. The lowest BCUT2D eigenvalue weighted by molar-refractivity contribution is -0.384. The summed E-state index contributed by atoms with van der Waals surface area (Å²) in [5.41, 5.74) is 3.59. The number of nitro benzene ring substituents is 1. The number of nitro groups is 1. The van der Waals surface area contributed by atoms with E-state index >= 15 is 0 Å². The normalized spacial score (nSPS) is 11.8. The Morgan fingerprint density at radius 2 is 1.68 bits per heavy atom. The van der Waals surface area contributed by atoms with Crippen molar-refractivity contribution in [2.45, 2.75) is 40.7 Å². The fourth-order valence-electron chi connectivity index (χ4n) is 3.96. The predicted molar refractivity (Wildman–Crippen MR) is 139 cm³/mol. The molecule has 1 unspecified atom stereocenters. The van der Waals surface area contributed by atoms with Crippen LogP contribution in [0.4, 0.5) is 5.69 Å². The number of halogens is 1. The number of Topliss-reactive ketones (excluding diaryl/α,β-unsaturated/α-hetero) is 1. The van der Waals surface area contributed by atoms with Gasteiger partial charge in [-0.05, 0) is 51.0 Å². The van der Waals surface area contributed by atoms with Crippen LogP contribution in [-0.4, -0.2) is 39.8 Å². The van der Waals surface area contributed by atoms with Crippen molar-refractivity contribution >= 4 is 34.9 Å². The zero-order valence-corrected chi connectivity index (χ0v) is 22.0. The van der Waals surface area contributed by atoms with Crippen LogP contribution >= 0.6 is 11.6 Å². The van der Waals surface area contributed by atoms with Gasteiger partial charge < -0.3 is 14.6 Å². The molecular weight excluding hydrogens is 498 g/mol. The minimum atomic E-state index is -1.10. The highest BCUT2D eigenvalue weighted by molar-refractivity contribution is 6.34. The number of benzene rings is 2. The number of aromatic nitrogens is 1. The van der Waals surface area contributed by atoms with Crippen molar-refractivity contribution in [1.82, 2.24) is 9.88 Å². The first-order valence-corrected chi connectivity index (χ1v) is 12.0. The molecule has 1 aromatic heterocycles. The van der Waals surface area contributed by atoms with Gasteiger partial charge in [-0.15, -0.1) is 0 Å². The fourth-order valence-corrected chi connectivity index (χ4v) is 4.16. The predicted octanol–water partition coefficient (Wildman–Crippen LogP) is 5.14. The van der Waals surface area contributed by atoms with E-state index in [1.807, 2.05) is 49.6 Å². The molecular formula is C27H28ClN3O6. The van der Waals surface area contributed by atoms with Crippen molar-refractivity contribution in [2.75, 3.05) is 6.61 Å². The van der Waals surface area contributed by atoms with Gasteiger partial charge in [0.2, 0.25) is 5.78 Å². The molecule has 1 N–H and O–H groups in total. The van der Waals surface area contributed by atoms with Crippen molar-refractivity contribution in [3.05, 3.63) is 91.7 Å². The van der Waals surface area contributed by atoms with E-state index in [-0.39, 0.29) is 22.1 Å². The average molecular weight is 526 g/mol. The number of ether oxygens (including phenoxy) is 1. The number of amides is 1. The monoisotopic (exact) mass is 525 g/mol. The SMILES string of the molecule is Cc1ccc(-n2c(C)cc(C(=O)COC(=O)C(NC(=O)c3cc([N+](=O)[O-])ccc3Cl)C(C)C)c2C)cc1. The smallest absolute Gasteiger partial charge is 0.329 e. The zero-order chi connectivity index (χ0) is 27.4. The summed E-state index contributed by atoms with van der Waals surface area (Å²) < 4.78 is 7.24. The van der Waals surface area contributed by atoms with Gasteiger partial charge in [0.05, 0.1) is 15.5 Å². The summed E-state index contributed by atoms with van der Waals surface area (Å²) in [7, 11) is 0. The van der Waals surface area contributed by atoms with Gasteiger partial charge in [0, 0.05) is 34.8 Å². The van der Waals surface area contributed by atoms with Gasteiger partial charge in [-0.3, -0.25) is 19.7 Å². The molecule has 3 rings (SSSR count). The molecule has 0 aliphatic heterocycles. The van der Waals surface area contributed by atoms with E-state index in [1.54, 1.807) is 19.9 Å². The van der Waals surface area contributed by atoms with Gasteiger partial charge in [0.1, 0.15) is 6.04 Å². The summed E-state index contributed by atoms with van der Waals surface area (Å²) >= 11 is 6.04. The second-order valence-corrected chi connectivity index (χ2v) is 9.51. The average Bonchev–Trinajstić information content (AvgIpc) is 3.14. The Labute approximate surface area is 219 Å². The molecule has 10 heteroatoms. The standard InChI is InChI=1S/C27H28ClN3O6/c1-15(2)25(29-26(33)22-13-20(31(35)36)10-11-23(22)28)27(34)37-14-24(32)21-12-17(4)30(18(21)5)19-8-6-16(3)7-9-19/h6-13,15,25H,14H2,1-5H3,(H,29,33). The van der Waals surface area contributed by atoms with Crippen molar-refractivity contribution in [2.24, 2.45) is 5.92 Å². The van der Waals surface area contributed by atoms with Crippen molar-refractivity contribution in [3.63, 3.8) is 0 Å². The number of rotatable bonds is 9. The van der Waals surface area contributed by atoms with Crippen LogP contribution in [0.3, 0.4) is 0 Å². The van der Waals surface area contributed by atoms with Crippen LogP contribution in [0.2, 0.25) is 5.02 Å². The van der Waals surface area contributed by atoms with Gasteiger partial charge in [0.15, 0.2) is 6.61 Å². The van der Waals surface area contributed by atoms with Gasteiger partial charge in [0.25, 0.3) is 11.6 Å². The molecule has 0 aliphatic carbocycles. The van der Waals surface area contributed by atoms with E-state index in [2.05, 4.69) is 5.32 Å².